The molecule has 1 aliphatic rings. The second-order valence-corrected chi connectivity index (χ2v) is 7.18. The van der Waals surface area contributed by atoms with Crippen LogP contribution in [0.25, 0.3) is 0 Å². The largest absolute Gasteiger partial charge is 0.381 e. The molecule has 1 N–H and O–H groups in total. The summed E-state index contributed by atoms with van der Waals surface area (Å²) >= 11 is 2.03. The molecule has 0 saturated carbocycles. The molecule has 110 valence electrons. The van der Waals surface area contributed by atoms with E-state index in [2.05, 4.69) is 19.2 Å². The van der Waals surface area contributed by atoms with Gasteiger partial charge in [0.05, 0.1) is 0 Å². The summed E-state index contributed by atoms with van der Waals surface area (Å²) in [6, 6.07) is 6.42. The minimum Gasteiger partial charge on any atom is -0.381 e. The van der Waals surface area contributed by atoms with Crippen LogP contribution >= 0.6 is 11.8 Å². The van der Waals surface area contributed by atoms with Gasteiger partial charge in [0.2, 0.25) is 0 Å². The van der Waals surface area contributed by atoms with Gasteiger partial charge in [-0.05, 0) is 43.2 Å². The molecule has 1 aromatic carbocycles. The Balaban J connectivity index is 2.18. The molecular formula is C16H24N2OS. The molecule has 0 spiro atoms. The predicted octanol–water partition coefficient (Wildman–Crippen LogP) is 3.39. The van der Waals surface area contributed by atoms with Crippen LogP contribution in [0.5, 0.6) is 0 Å². The number of amides is 1. The van der Waals surface area contributed by atoms with E-state index in [1.807, 2.05) is 30.0 Å². The zero-order valence-electron chi connectivity index (χ0n) is 12.8. The Morgan fingerprint density at radius 3 is 2.80 bits per heavy atom. The molecule has 20 heavy (non-hydrogen) atoms. The van der Waals surface area contributed by atoms with Gasteiger partial charge in [0.25, 0.3) is 5.91 Å². The molecule has 0 aliphatic carbocycles. The zero-order valence-corrected chi connectivity index (χ0v) is 13.6. The van der Waals surface area contributed by atoms with Gasteiger partial charge in [-0.25, -0.2) is 0 Å². The van der Waals surface area contributed by atoms with E-state index in [9.17, 15) is 4.79 Å². The first-order valence-corrected chi connectivity index (χ1v) is 8.24. The van der Waals surface area contributed by atoms with Gasteiger partial charge in [-0.2, -0.15) is 11.8 Å². The Morgan fingerprint density at radius 1 is 1.40 bits per heavy atom. The molecule has 0 radical (unpaired) electrons. The topological polar surface area (TPSA) is 32.3 Å². The molecule has 1 heterocycles. The van der Waals surface area contributed by atoms with E-state index in [-0.39, 0.29) is 5.91 Å². The van der Waals surface area contributed by atoms with Gasteiger partial charge < -0.3 is 10.2 Å². The van der Waals surface area contributed by atoms with Gasteiger partial charge >= 0.3 is 0 Å². The number of carbonyl (C=O) groups excluding carboxylic acids is 1. The highest BCUT2D eigenvalue weighted by atomic mass is 32.2. The number of nitrogens with one attached hydrogen (secondary N) is 1. The summed E-state index contributed by atoms with van der Waals surface area (Å²) in [5.74, 6) is 1.32. The molecule has 2 unspecified atom stereocenters. The maximum Gasteiger partial charge on any atom is 0.253 e. The van der Waals surface area contributed by atoms with Gasteiger partial charge in [0.15, 0.2) is 0 Å². The average Bonchev–Trinajstić information content (AvgIpc) is 2.42. The Labute approximate surface area is 126 Å². The fourth-order valence-corrected chi connectivity index (χ4v) is 3.62. The summed E-state index contributed by atoms with van der Waals surface area (Å²) < 4.78 is 0. The van der Waals surface area contributed by atoms with Gasteiger partial charge in [-0.1, -0.05) is 13.0 Å². The summed E-state index contributed by atoms with van der Waals surface area (Å²) in [7, 11) is 3.57. The molecule has 1 fully saturated rings. The monoisotopic (exact) mass is 292 g/mol. The van der Waals surface area contributed by atoms with Crippen LogP contribution in [0.2, 0.25) is 0 Å². The van der Waals surface area contributed by atoms with E-state index in [0.717, 1.165) is 11.3 Å². The molecule has 1 amide bonds. The van der Waals surface area contributed by atoms with Crippen molar-refractivity contribution in [1.29, 1.82) is 0 Å². The maximum atomic E-state index is 12.1. The third kappa shape index (κ3) is 3.48. The van der Waals surface area contributed by atoms with Crippen molar-refractivity contribution in [3.63, 3.8) is 0 Å². The summed E-state index contributed by atoms with van der Waals surface area (Å²) in [4.78, 5) is 13.7. The van der Waals surface area contributed by atoms with Crippen LogP contribution in [-0.2, 0) is 0 Å². The number of anilines is 1. The van der Waals surface area contributed by atoms with E-state index in [1.165, 1.54) is 24.2 Å². The molecule has 1 aromatic rings. The highest BCUT2D eigenvalue weighted by molar-refractivity contribution is 8.00. The molecule has 0 aromatic heterocycles. The quantitative estimate of drug-likeness (QED) is 0.927. The van der Waals surface area contributed by atoms with Crippen molar-refractivity contribution in [2.75, 3.05) is 25.2 Å². The van der Waals surface area contributed by atoms with E-state index >= 15 is 0 Å². The van der Waals surface area contributed by atoms with Crippen molar-refractivity contribution in [1.82, 2.24) is 4.90 Å². The summed E-state index contributed by atoms with van der Waals surface area (Å²) in [6.45, 7) is 4.37. The molecule has 2 atom stereocenters. The van der Waals surface area contributed by atoms with Gasteiger partial charge in [0.1, 0.15) is 0 Å². The molecule has 1 aliphatic heterocycles. The van der Waals surface area contributed by atoms with Gasteiger partial charge in [-0.15, -0.1) is 0 Å². The van der Waals surface area contributed by atoms with Crippen LogP contribution < -0.4 is 5.32 Å². The van der Waals surface area contributed by atoms with Crippen LogP contribution in [0.15, 0.2) is 18.2 Å². The Bertz CT molecular complexity index is 487. The normalized spacial score (nSPS) is 22.4. The van der Waals surface area contributed by atoms with Crippen molar-refractivity contribution in [2.24, 2.45) is 0 Å². The fourth-order valence-electron chi connectivity index (χ4n) is 2.48. The Kier molecular flexibility index (Phi) is 4.97. The highest BCUT2D eigenvalue weighted by Crippen LogP contribution is 2.29. The lowest BCUT2D eigenvalue weighted by Crippen LogP contribution is -2.33. The van der Waals surface area contributed by atoms with Crippen LogP contribution in [0.4, 0.5) is 5.69 Å². The first kappa shape index (κ1) is 15.2. The minimum absolute atomic E-state index is 0.0547. The third-order valence-electron chi connectivity index (χ3n) is 3.84. The number of aryl methyl sites for hydroxylation is 1. The molecular weight excluding hydrogens is 268 g/mol. The fraction of sp³-hybridized carbons (Fsp3) is 0.562. The van der Waals surface area contributed by atoms with Crippen molar-refractivity contribution >= 4 is 23.4 Å². The van der Waals surface area contributed by atoms with E-state index in [1.54, 1.807) is 19.0 Å². The number of rotatable bonds is 3. The second-order valence-electron chi connectivity index (χ2n) is 5.70. The number of hydrogen-bond donors (Lipinski definition) is 1. The van der Waals surface area contributed by atoms with Crippen molar-refractivity contribution < 1.29 is 4.79 Å². The molecule has 1 saturated heterocycles. The molecule has 2 rings (SSSR count). The lowest BCUT2D eigenvalue weighted by Gasteiger charge is -2.30. The first-order chi connectivity index (χ1) is 9.49. The smallest absolute Gasteiger partial charge is 0.253 e. The first-order valence-electron chi connectivity index (χ1n) is 7.19. The molecule has 0 bridgehead atoms. The number of thioether (sulfide) groups is 1. The summed E-state index contributed by atoms with van der Waals surface area (Å²) in [6.07, 6.45) is 2.47. The van der Waals surface area contributed by atoms with Crippen LogP contribution in [0, 0.1) is 6.92 Å². The molecule has 3 nitrogen and oxygen atoms in total. The molecule has 4 heteroatoms. The SMILES string of the molecule is Cc1ccc(C(=O)N(C)C)cc1NC1CCCSC1C. The van der Waals surface area contributed by atoms with Crippen LogP contribution in [-0.4, -0.2) is 41.9 Å². The van der Waals surface area contributed by atoms with E-state index in [4.69, 9.17) is 0 Å². The lowest BCUT2D eigenvalue weighted by molar-refractivity contribution is 0.0827. The van der Waals surface area contributed by atoms with E-state index < -0.39 is 0 Å². The lowest BCUT2D eigenvalue weighted by atomic mass is 10.0. The van der Waals surface area contributed by atoms with Crippen molar-refractivity contribution in [2.45, 2.75) is 38.0 Å². The number of hydrogen-bond acceptors (Lipinski definition) is 3. The number of nitrogens with zero attached hydrogens (tertiary/aromatic N) is 1. The van der Waals surface area contributed by atoms with E-state index in [0.29, 0.717) is 11.3 Å². The maximum absolute atomic E-state index is 12.1. The van der Waals surface area contributed by atoms with Crippen molar-refractivity contribution in [3.05, 3.63) is 29.3 Å². The predicted molar refractivity (Wildman–Crippen MR) is 87.8 cm³/mol. The third-order valence-corrected chi connectivity index (χ3v) is 5.22. The number of benzene rings is 1. The Hall–Kier alpha value is -1.16. The zero-order chi connectivity index (χ0) is 14.7. The van der Waals surface area contributed by atoms with Crippen LogP contribution in [0.1, 0.15) is 35.7 Å². The van der Waals surface area contributed by atoms with Crippen LogP contribution in [0.3, 0.4) is 0 Å². The second kappa shape index (κ2) is 6.53. The Morgan fingerprint density at radius 2 is 2.15 bits per heavy atom. The van der Waals surface area contributed by atoms with Gasteiger partial charge in [-0.3, -0.25) is 4.79 Å². The van der Waals surface area contributed by atoms with Gasteiger partial charge in [0, 0.05) is 36.6 Å². The summed E-state index contributed by atoms with van der Waals surface area (Å²) in [5, 5.41) is 4.26. The van der Waals surface area contributed by atoms with Crippen molar-refractivity contribution in [3.8, 4) is 0 Å². The average molecular weight is 292 g/mol. The standard InChI is InChI=1S/C16H24N2OS/c1-11-7-8-13(16(19)18(3)4)10-15(11)17-14-6-5-9-20-12(14)2/h7-8,10,12,14,17H,5-6,9H2,1-4H3. The minimum atomic E-state index is 0.0547. The highest BCUT2D eigenvalue weighted by Gasteiger charge is 2.22. The number of carbonyl (C=O) groups is 1. The summed E-state index contributed by atoms with van der Waals surface area (Å²) in [5.41, 5.74) is 3.04.